The number of nitrogens with one attached hydrogen (secondary N) is 1. The van der Waals surface area contributed by atoms with Crippen molar-refractivity contribution in [3.05, 3.63) is 53.9 Å². The highest BCUT2D eigenvalue weighted by atomic mass is 32.2. The summed E-state index contributed by atoms with van der Waals surface area (Å²) in [6.07, 6.45) is 3.06. The largest absolute Gasteiger partial charge is 0.496 e. The van der Waals surface area contributed by atoms with Crippen LogP contribution in [0.3, 0.4) is 0 Å². The highest BCUT2D eigenvalue weighted by molar-refractivity contribution is 7.90. The van der Waals surface area contributed by atoms with E-state index < -0.39 is 21.3 Å². The number of ether oxygens (including phenoxy) is 3. The Morgan fingerprint density at radius 3 is 2.23 bits per heavy atom. The minimum Gasteiger partial charge on any atom is -0.496 e. The number of sulfonamides is 1. The lowest BCUT2D eigenvalue weighted by molar-refractivity contribution is 0.382. The average Bonchev–Trinajstić information content (AvgIpc) is 2.78. The first-order valence-corrected chi connectivity index (χ1v) is 11.1. The Balaban J connectivity index is 2.14. The van der Waals surface area contributed by atoms with Crippen molar-refractivity contribution in [1.29, 1.82) is 0 Å². The number of nitrogens with zero attached hydrogens (tertiary/aromatic N) is 3. The van der Waals surface area contributed by atoms with Gasteiger partial charge < -0.3 is 14.2 Å². The normalized spacial score (nSPS) is 16.3. The zero-order chi connectivity index (χ0) is 22.6. The molecule has 1 aromatic carbocycles. The number of hydrogen-bond donors (Lipinski definition) is 1. The zero-order valence-electron chi connectivity index (χ0n) is 18.1. The van der Waals surface area contributed by atoms with E-state index in [0.717, 1.165) is 0 Å². The van der Waals surface area contributed by atoms with Crippen LogP contribution in [-0.4, -0.2) is 51.3 Å². The number of hydrazine groups is 1. The molecule has 10 heteroatoms. The topological polar surface area (TPSA) is 102 Å². The summed E-state index contributed by atoms with van der Waals surface area (Å²) in [6.45, 7) is 3.19. The summed E-state index contributed by atoms with van der Waals surface area (Å²) in [5.74, 6) is 1.60. The Morgan fingerprint density at radius 1 is 1.00 bits per heavy atom. The number of benzene rings is 1. The average molecular weight is 447 g/mol. The number of rotatable bonds is 8. The second-order valence-corrected chi connectivity index (χ2v) is 9.20. The summed E-state index contributed by atoms with van der Waals surface area (Å²) in [4.78, 5) is 11.6. The molecule has 1 unspecified atom stereocenters. The molecule has 0 saturated heterocycles. The van der Waals surface area contributed by atoms with Gasteiger partial charge in [0.2, 0.25) is 15.9 Å². The summed E-state index contributed by atoms with van der Waals surface area (Å²) < 4.78 is 41.1. The van der Waals surface area contributed by atoms with Crippen LogP contribution in [-0.2, 0) is 10.0 Å². The molecule has 0 amide bonds. The van der Waals surface area contributed by atoms with Gasteiger partial charge in [-0.15, -0.1) is 4.83 Å². The fourth-order valence-electron chi connectivity index (χ4n) is 3.05. The fourth-order valence-corrected chi connectivity index (χ4v) is 3.65. The molecule has 9 nitrogen and oxygen atoms in total. The molecular weight excluding hydrogens is 420 g/mol. The second kappa shape index (κ2) is 9.36. The van der Waals surface area contributed by atoms with Crippen LogP contribution in [0.15, 0.2) is 47.6 Å². The number of aromatic nitrogens is 1. The van der Waals surface area contributed by atoms with Crippen molar-refractivity contribution in [2.45, 2.75) is 25.1 Å². The highest BCUT2D eigenvalue weighted by Crippen LogP contribution is 2.43. The molecule has 1 N–H and O–H groups in total. The molecule has 2 aromatic rings. The minimum absolute atomic E-state index is 0.424. The van der Waals surface area contributed by atoms with Gasteiger partial charge in [0.15, 0.2) is 0 Å². The van der Waals surface area contributed by atoms with Gasteiger partial charge >= 0.3 is 0 Å². The molecule has 0 fully saturated rings. The number of hydrogen-bond acceptors (Lipinski definition) is 8. The fraction of sp³-hybridized carbons (Fsp3) is 0.333. The molecule has 0 bridgehead atoms. The van der Waals surface area contributed by atoms with Gasteiger partial charge in [0.1, 0.15) is 23.9 Å². The van der Waals surface area contributed by atoms with E-state index in [1.165, 1.54) is 18.5 Å². The third-order valence-electron chi connectivity index (χ3n) is 4.73. The molecule has 3 rings (SSSR count). The smallest absolute Gasteiger partial charge is 0.231 e. The summed E-state index contributed by atoms with van der Waals surface area (Å²) in [6, 6.07) is 10.2. The van der Waals surface area contributed by atoms with Crippen LogP contribution < -0.4 is 19.0 Å². The van der Waals surface area contributed by atoms with Crippen LogP contribution in [0.5, 0.6) is 17.4 Å². The van der Waals surface area contributed by atoms with Crippen LogP contribution in [0.2, 0.25) is 0 Å². The lowest BCUT2D eigenvalue weighted by atomic mass is 9.94. The molecule has 31 heavy (non-hydrogen) atoms. The van der Waals surface area contributed by atoms with Crippen molar-refractivity contribution < 1.29 is 22.6 Å². The second-order valence-electron chi connectivity index (χ2n) is 6.99. The van der Waals surface area contributed by atoms with Crippen molar-refractivity contribution in [3.8, 4) is 17.4 Å². The van der Waals surface area contributed by atoms with Gasteiger partial charge in [0.05, 0.1) is 37.8 Å². The molecule has 1 atom stereocenters. The third kappa shape index (κ3) is 4.80. The molecule has 0 aliphatic carbocycles. The Bertz CT molecular complexity index is 1080. The first-order chi connectivity index (χ1) is 14.8. The molecular formula is C21H26N4O5S. The number of pyridine rings is 1. The van der Waals surface area contributed by atoms with Crippen molar-refractivity contribution in [2.75, 3.05) is 21.3 Å². The van der Waals surface area contributed by atoms with Crippen LogP contribution in [0, 0.1) is 0 Å². The van der Waals surface area contributed by atoms with E-state index in [-0.39, 0.29) is 0 Å². The van der Waals surface area contributed by atoms with E-state index in [0.29, 0.717) is 34.2 Å². The highest BCUT2D eigenvalue weighted by Gasteiger charge is 2.30. The maximum atomic E-state index is 12.4. The molecule has 0 radical (unpaired) electrons. The van der Waals surface area contributed by atoms with Crippen LogP contribution in [0.1, 0.15) is 31.1 Å². The minimum atomic E-state index is -3.58. The van der Waals surface area contributed by atoms with Gasteiger partial charge in [-0.3, -0.25) is 10.0 Å². The monoisotopic (exact) mass is 446 g/mol. The molecule has 1 aromatic heterocycles. The maximum Gasteiger partial charge on any atom is 0.231 e. The standard InChI is InChI=1S/C21H26N4O5S/c1-14(2)31(26,27)24-25-12-15(16-8-6-11-19(23-16)30-5)21(22-13-25)20-17(28-3)9-7-10-18(20)29-4/h6-14,21,24H,1-5H3. The molecule has 0 spiro atoms. The molecule has 1 aliphatic heterocycles. The maximum absolute atomic E-state index is 12.4. The van der Waals surface area contributed by atoms with Gasteiger partial charge in [-0.2, -0.15) is 0 Å². The van der Waals surface area contributed by atoms with E-state index in [2.05, 4.69) is 14.8 Å². The summed E-state index contributed by atoms with van der Waals surface area (Å²) in [5.41, 5.74) is 1.91. The van der Waals surface area contributed by atoms with Gasteiger partial charge in [-0.05, 0) is 32.0 Å². The first kappa shape index (κ1) is 22.6. The zero-order valence-corrected chi connectivity index (χ0v) is 18.9. The quantitative estimate of drug-likeness (QED) is 0.665. The predicted molar refractivity (Wildman–Crippen MR) is 119 cm³/mol. The number of aliphatic imine (C=N–C) groups is 1. The van der Waals surface area contributed by atoms with E-state index in [1.54, 1.807) is 52.5 Å². The Labute approximate surface area is 182 Å². The summed E-state index contributed by atoms with van der Waals surface area (Å²) in [7, 11) is 1.09. The molecule has 2 heterocycles. The van der Waals surface area contributed by atoms with E-state index >= 15 is 0 Å². The van der Waals surface area contributed by atoms with Gasteiger partial charge in [-0.25, -0.2) is 13.4 Å². The number of methoxy groups -OCH3 is 3. The van der Waals surface area contributed by atoms with Crippen LogP contribution >= 0.6 is 0 Å². The van der Waals surface area contributed by atoms with Gasteiger partial charge in [-0.1, -0.05) is 12.1 Å². The first-order valence-electron chi connectivity index (χ1n) is 9.57. The van der Waals surface area contributed by atoms with Crippen molar-refractivity contribution >= 4 is 21.9 Å². The van der Waals surface area contributed by atoms with Crippen molar-refractivity contribution in [2.24, 2.45) is 4.99 Å². The summed E-state index contributed by atoms with van der Waals surface area (Å²) in [5, 5.41) is 0.698. The van der Waals surface area contributed by atoms with Crippen LogP contribution in [0.25, 0.3) is 5.57 Å². The SMILES string of the molecule is COc1cccc(C2=CN(NS(=O)(=O)C(C)C)C=NC2c2c(OC)cccc2OC)n1. The van der Waals surface area contributed by atoms with E-state index in [4.69, 9.17) is 14.2 Å². The van der Waals surface area contributed by atoms with Crippen LogP contribution in [0.4, 0.5) is 0 Å². The summed E-state index contributed by atoms with van der Waals surface area (Å²) >= 11 is 0. The predicted octanol–water partition coefficient (Wildman–Crippen LogP) is 2.78. The van der Waals surface area contributed by atoms with Crippen molar-refractivity contribution in [1.82, 2.24) is 14.8 Å². The lowest BCUT2D eigenvalue weighted by Gasteiger charge is -2.28. The molecule has 166 valence electrons. The third-order valence-corrected chi connectivity index (χ3v) is 6.44. The Kier molecular flexibility index (Phi) is 6.81. The van der Waals surface area contributed by atoms with Gasteiger partial charge in [0.25, 0.3) is 0 Å². The lowest BCUT2D eigenvalue weighted by Crippen LogP contribution is -2.42. The Morgan fingerprint density at radius 2 is 1.65 bits per heavy atom. The Hall–Kier alpha value is -3.11. The van der Waals surface area contributed by atoms with E-state index in [9.17, 15) is 8.42 Å². The molecule has 1 aliphatic rings. The van der Waals surface area contributed by atoms with Gasteiger partial charge in [0, 0.05) is 17.8 Å². The van der Waals surface area contributed by atoms with E-state index in [1.807, 2.05) is 18.2 Å². The van der Waals surface area contributed by atoms with Crippen molar-refractivity contribution in [3.63, 3.8) is 0 Å². The molecule has 0 saturated carbocycles.